The molecule has 0 heterocycles. The molecule has 0 bridgehead atoms. The Balaban J connectivity index is 1.71. The summed E-state index contributed by atoms with van der Waals surface area (Å²) < 4.78 is 0. The van der Waals surface area contributed by atoms with Gasteiger partial charge in [0.2, 0.25) is 0 Å². The minimum atomic E-state index is -0.112. The Morgan fingerprint density at radius 3 is 2.33 bits per heavy atom. The minimum Gasteiger partial charge on any atom is -0.394 e. The molecule has 0 aliphatic heterocycles. The van der Waals surface area contributed by atoms with Crippen molar-refractivity contribution in [3.63, 3.8) is 0 Å². The lowest BCUT2D eigenvalue weighted by atomic mass is 9.92. The van der Waals surface area contributed by atoms with E-state index in [1.54, 1.807) is 0 Å². The van der Waals surface area contributed by atoms with Crippen molar-refractivity contribution in [3.05, 3.63) is 29.8 Å². The van der Waals surface area contributed by atoms with Crippen molar-refractivity contribution in [2.45, 2.75) is 50.6 Å². The van der Waals surface area contributed by atoms with Gasteiger partial charge in [0.1, 0.15) is 0 Å². The molecule has 0 saturated heterocycles. The molecule has 0 radical (unpaired) electrons. The average molecular weight is 288 g/mol. The Morgan fingerprint density at radius 1 is 1.19 bits per heavy atom. The minimum absolute atomic E-state index is 0.112. The lowest BCUT2D eigenvalue weighted by Crippen LogP contribution is -2.58. The van der Waals surface area contributed by atoms with Crippen molar-refractivity contribution in [2.75, 3.05) is 25.1 Å². The number of rotatable bonds is 8. The number of likely N-dealkylation sites (N-methyl/N-ethyl adjacent to an activating group) is 1. The third-order valence-corrected chi connectivity index (χ3v) is 5.01. The SMILES string of the molecule is CCc1ccc(N(C)CC(CO)(NC2CC2)C2CC2)cc1. The summed E-state index contributed by atoms with van der Waals surface area (Å²) in [6.45, 7) is 3.31. The van der Waals surface area contributed by atoms with Crippen molar-refractivity contribution < 1.29 is 5.11 Å². The van der Waals surface area contributed by atoms with Gasteiger partial charge in [-0.25, -0.2) is 0 Å². The maximum absolute atomic E-state index is 10.1. The van der Waals surface area contributed by atoms with Gasteiger partial charge in [0, 0.05) is 25.3 Å². The number of hydrogen-bond acceptors (Lipinski definition) is 3. The number of nitrogens with one attached hydrogen (secondary N) is 1. The average Bonchev–Trinajstić information content (AvgIpc) is 3.39. The molecule has 116 valence electrons. The normalized spacial score (nSPS) is 21.1. The smallest absolute Gasteiger partial charge is 0.0633 e. The summed E-state index contributed by atoms with van der Waals surface area (Å²) in [5.74, 6) is 0.639. The van der Waals surface area contributed by atoms with Gasteiger partial charge in [0.25, 0.3) is 0 Å². The largest absolute Gasteiger partial charge is 0.394 e. The lowest BCUT2D eigenvalue weighted by molar-refractivity contribution is 0.142. The summed E-state index contributed by atoms with van der Waals surface area (Å²) in [6.07, 6.45) is 6.12. The Bertz CT molecular complexity index is 465. The predicted molar refractivity (Wildman–Crippen MR) is 87.8 cm³/mol. The topological polar surface area (TPSA) is 35.5 Å². The van der Waals surface area contributed by atoms with Crippen LogP contribution in [0.5, 0.6) is 0 Å². The second-order valence-electron chi connectivity index (χ2n) is 6.88. The molecule has 3 nitrogen and oxygen atoms in total. The molecule has 2 N–H and O–H groups in total. The second kappa shape index (κ2) is 5.98. The van der Waals surface area contributed by atoms with Crippen LogP contribution in [0.2, 0.25) is 0 Å². The summed E-state index contributed by atoms with van der Waals surface area (Å²) in [5.41, 5.74) is 2.50. The van der Waals surface area contributed by atoms with Crippen LogP contribution in [0.15, 0.2) is 24.3 Å². The predicted octanol–water partition coefficient (Wildman–Crippen LogP) is 2.58. The van der Waals surface area contributed by atoms with Crippen LogP contribution in [-0.2, 0) is 6.42 Å². The van der Waals surface area contributed by atoms with Gasteiger partial charge in [-0.15, -0.1) is 0 Å². The van der Waals surface area contributed by atoms with Gasteiger partial charge < -0.3 is 15.3 Å². The van der Waals surface area contributed by atoms with Crippen molar-refractivity contribution in [1.82, 2.24) is 5.32 Å². The first-order chi connectivity index (χ1) is 10.2. The summed E-state index contributed by atoms with van der Waals surface area (Å²) >= 11 is 0. The number of aliphatic hydroxyl groups excluding tert-OH is 1. The zero-order valence-corrected chi connectivity index (χ0v) is 13.3. The van der Waals surface area contributed by atoms with E-state index in [2.05, 4.69) is 48.5 Å². The van der Waals surface area contributed by atoms with Gasteiger partial charge in [0.05, 0.1) is 12.1 Å². The van der Waals surface area contributed by atoms with Gasteiger partial charge >= 0.3 is 0 Å². The van der Waals surface area contributed by atoms with Crippen LogP contribution < -0.4 is 10.2 Å². The summed E-state index contributed by atoms with van der Waals surface area (Å²) in [5, 5.41) is 13.8. The van der Waals surface area contributed by atoms with Gasteiger partial charge in [-0.3, -0.25) is 0 Å². The maximum atomic E-state index is 10.1. The Hall–Kier alpha value is -1.06. The van der Waals surface area contributed by atoms with Gasteiger partial charge in [-0.1, -0.05) is 19.1 Å². The Labute approximate surface area is 128 Å². The highest BCUT2D eigenvalue weighted by molar-refractivity contribution is 5.47. The Morgan fingerprint density at radius 2 is 1.86 bits per heavy atom. The summed E-state index contributed by atoms with van der Waals surface area (Å²) in [7, 11) is 2.14. The van der Waals surface area contributed by atoms with E-state index in [0.717, 1.165) is 13.0 Å². The highest BCUT2D eigenvalue weighted by Crippen LogP contribution is 2.42. The lowest BCUT2D eigenvalue weighted by Gasteiger charge is -2.38. The van der Waals surface area contributed by atoms with Crippen LogP contribution in [0.3, 0.4) is 0 Å². The molecule has 1 aromatic carbocycles. The highest BCUT2D eigenvalue weighted by Gasteiger charge is 2.47. The quantitative estimate of drug-likeness (QED) is 0.772. The molecule has 3 heteroatoms. The van der Waals surface area contributed by atoms with Crippen LogP contribution in [0.25, 0.3) is 0 Å². The number of benzene rings is 1. The first kappa shape index (κ1) is 14.9. The van der Waals surface area contributed by atoms with Crippen molar-refractivity contribution in [1.29, 1.82) is 0 Å². The van der Waals surface area contributed by atoms with E-state index < -0.39 is 0 Å². The zero-order valence-electron chi connectivity index (χ0n) is 13.3. The molecule has 2 fully saturated rings. The monoisotopic (exact) mass is 288 g/mol. The van der Waals surface area contributed by atoms with Crippen LogP contribution in [-0.4, -0.2) is 36.9 Å². The number of anilines is 1. The van der Waals surface area contributed by atoms with E-state index in [1.165, 1.54) is 36.9 Å². The fourth-order valence-electron chi connectivity index (χ4n) is 3.29. The van der Waals surface area contributed by atoms with Crippen molar-refractivity contribution in [2.24, 2.45) is 5.92 Å². The number of aryl methyl sites for hydroxylation is 1. The third-order valence-electron chi connectivity index (χ3n) is 5.01. The van der Waals surface area contributed by atoms with E-state index in [9.17, 15) is 5.11 Å². The van der Waals surface area contributed by atoms with E-state index in [1.807, 2.05) is 0 Å². The number of hydrogen-bond donors (Lipinski definition) is 2. The molecule has 0 spiro atoms. The van der Waals surface area contributed by atoms with E-state index >= 15 is 0 Å². The van der Waals surface area contributed by atoms with E-state index in [-0.39, 0.29) is 12.1 Å². The van der Waals surface area contributed by atoms with Crippen LogP contribution in [0.1, 0.15) is 38.2 Å². The standard InChI is InChI=1S/C18H28N2O/c1-3-14-4-10-17(11-5-14)20(2)12-18(13-21,15-6-7-15)19-16-8-9-16/h4-5,10-11,15-16,19,21H,3,6-9,12-13H2,1-2H3. The van der Waals surface area contributed by atoms with E-state index in [4.69, 9.17) is 0 Å². The van der Waals surface area contributed by atoms with E-state index in [0.29, 0.717) is 12.0 Å². The second-order valence-corrected chi connectivity index (χ2v) is 6.88. The molecule has 2 aliphatic carbocycles. The number of nitrogens with zero attached hydrogens (tertiary/aromatic N) is 1. The molecule has 1 aromatic rings. The maximum Gasteiger partial charge on any atom is 0.0633 e. The molecular formula is C18H28N2O. The molecule has 1 unspecified atom stereocenters. The first-order valence-corrected chi connectivity index (χ1v) is 8.35. The number of aliphatic hydroxyl groups is 1. The molecule has 1 atom stereocenters. The molecule has 2 aliphatic rings. The summed E-state index contributed by atoms with van der Waals surface area (Å²) in [6, 6.07) is 9.44. The van der Waals surface area contributed by atoms with Crippen LogP contribution >= 0.6 is 0 Å². The fraction of sp³-hybridized carbons (Fsp3) is 0.667. The molecule has 21 heavy (non-hydrogen) atoms. The summed E-state index contributed by atoms with van der Waals surface area (Å²) in [4.78, 5) is 2.30. The van der Waals surface area contributed by atoms with Crippen LogP contribution in [0.4, 0.5) is 5.69 Å². The molecule has 0 aromatic heterocycles. The molecular weight excluding hydrogens is 260 g/mol. The fourth-order valence-corrected chi connectivity index (χ4v) is 3.29. The molecule has 3 rings (SSSR count). The van der Waals surface area contributed by atoms with Gasteiger partial charge in [-0.05, 0) is 55.7 Å². The first-order valence-electron chi connectivity index (χ1n) is 8.35. The van der Waals surface area contributed by atoms with Crippen LogP contribution in [0, 0.1) is 5.92 Å². The zero-order chi connectivity index (χ0) is 14.9. The Kier molecular flexibility index (Phi) is 4.23. The van der Waals surface area contributed by atoms with Gasteiger partial charge in [0.15, 0.2) is 0 Å². The van der Waals surface area contributed by atoms with Crippen molar-refractivity contribution in [3.8, 4) is 0 Å². The van der Waals surface area contributed by atoms with Gasteiger partial charge in [-0.2, -0.15) is 0 Å². The molecule has 0 amide bonds. The van der Waals surface area contributed by atoms with Crippen molar-refractivity contribution >= 4 is 5.69 Å². The highest BCUT2D eigenvalue weighted by atomic mass is 16.3. The molecule has 2 saturated carbocycles. The third kappa shape index (κ3) is 3.41.